The van der Waals surface area contributed by atoms with Crippen molar-refractivity contribution in [3.8, 4) is 0 Å². The number of hydrogen-bond acceptors (Lipinski definition) is 2. The molecule has 0 saturated carbocycles. The highest BCUT2D eigenvalue weighted by molar-refractivity contribution is 6.33. The second-order valence-electron chi connectivity index (χ2n) is 1.85. The smallest absolute Gasteiger partial charge is 0.225 e. The van der Waals surface area contributed by atoms with Crippen LogP contribution in [0.25, 0.3) is 0 Å². The lowest BCUT2D eigenvalue weighted by atomic mass is 10.1. The van der Waals surface area contributed by atoms with Gasteiger partial charge in [-0.05, 0) is 0 Å². The lowest BCUT2D eigenvalue weighted by Crippen LogP contribution is -1.97. The molecule has 1 rings (SSSR count). The second-order valence-corrected chi connectivity index (χ2v) is 1.85. The molecule has 0 aromatic heterocycles. The van der Waals surface area contributed by atoms with Gasteiger partial charge in [0.05, 0.1) is 0 Å². The van der Waals surface area contributed by atoms with Crippen molar-refractivity contribution in [1.82, 2.24) is 0 Å². The lowest BCUT2D eigenvalue weighted by Gasteiger charge is -1.88. The minimum absolute atomic E-state index is 0. The van der Waals surface area contributed by atoms with E-state index in [1.165, 1.54) is 0 Å². The Balaban J connectivity index is 0.000001000. The van der Waals surface area contributed by atoms with E-state index in [4.69, 9.17) is 0 Å². The lowest BCUT2D eigenvalue weighted by molar-refractivity contribution is -0.104. The van der Waals surface area contributed by atoms with Gasteiger partial charge in [-0.1, -0.05) is 37.8 Å². The van der Waals surface area contributed by atoms with Crippen molar-refractivity contribution in [3.63, 3.8) is 0 Å². The largest absolute Gasteiger partial charge is 0.294 e. The van der Waals surface area contributed by atoms with Crippen molar-refractivity contribution in [1.29, 1.82) is 0 Å². The highest BCUT2D eigenvalue weighted by Gasteiger charge is 1.99. The Bertz CT molecular complexity index is 239. The van der Waals surface area contributed by atoms with Crippen LogP contribution in [0, 0.1) is 0 Å². The third kappa shape index (κ3) is 2.34. The molecule has 0 unspecified atom stereocenters. The van der Waals surface area contributed by atoms with Crippen LogP contribution >= 0.6 is 0 Å². The van der Waals surface area contributed by atoms with Crippen LogP contribution in [0.15, 0.2) is 30.3 Å². The summed E-state index contributed by atoms with van der Waals surface area (Å²) in [5, 5.41) is 0. The molecule has 2 heteroatoms. The number of aldehydes is 1. The molecular formula is C9H10O2. The first-order valence-corrected chi connectivity index (χ1v) is 2.89. The Morgan fingerprint density at radius 3 is 2.18 bits per heavy atom. The fraction of sp³-hybridized carbons (Fsp3) is 0.111. The quantitative estimate of drug-likeness (QED) is 0.365. The van der Waals surface area contributed by atoms with Crippen molar-refractivity contribution in [2.24, 2.45) is 0 Å². The molecule has 0 N–H and O–H groups in total. The van der Waals surface area contributed by atoms with Crippen LogP contribution in [-0.4, -0.2) is 12.1 Å². The van der Waals surface area contributed by atoms with Crippen LogP contribution in [0.3, 0.4) is 0 Å². The first-order chi connectivity index (χ1) is 4.84. The van der Waals surface area contributed by atoms with Crippen LogP contribution in [0.4, 0.5) is 0 Å². The maximum Gasteiger partial charge on any atom is 0.225 e. The Kier molecular flexibility index (Phi) is 3.81. The first-order valence-electron chi connectivity index (χ1n) is 2.89. The zero-order valence-corrected chi connectivity index (χ0v) is 5.28. The van der Waals surface area contributed by atoms with Gasteiger partial charge in [-0.15, -0.1) is 0 Å². The van der Waals surface area contributed by atoms with E-state index in [2.05, 4.69) is 0 Å². The summed E-state index contributed by atoms with van der Waals surface area (Å²) in [5.74, 6) is -0.472. The molecule has 0 saturated heterocycles. The van der Waals surface area contributed by atoms with Crippen molar-refractivity contribution < 1.29 is 9.59 Å². The minimum atomic E-state index is -0.472. The van der Waals surface area contributed by atoms with Crippen molar-refractivity contribution >= 4 is 12.1 Å². The highest BCUT2D eigenvalue weighted by atomic mass is 16.2. The number of carbonyl (C=O) groups excluding carboxylic acids is 2. The number of rotatable bonds is 2. The average Bonchev–Trinajstić information content (AvgIpc) is 2.05. The van der Waals surface area contributed by atoms with Crippen LogP contribution in [0.2, 0.25) is 0 Å². The SMILES string of the molecule is C.O=CC(=O)c1ccccc1. The van der Waals surface area contributed by atoms with Crippen LogP contribution in [0.5, 0.6) is 0 Å². The van der Waals surface area contributed by atoms with Gasteiger partial charge in [0.25, 0.3) is 0 Å². The molecule has 0 aliphatic rings. The van der Waals surface area contributed by atoms with Gasteiger partial charge in [0.15, 0.2) is 6.29 Å². The molecule has 0 bridgehead atoms. The summed E-state index contributed by atoms with van der Waals surface area (Å²) in [6.45, 7) is 0. The summed E-state index contributed by atoms with van der Waals surface area (Å²) in [4.78, 5) is 20.6. The number of ketones is 1. The third-order valence-corrected chi connectivity index (χ3v) is 1.17. The van der Waals surface area contributed by atoms with Gasteiger partial charge < -0.3 is 0 Å². The number of carbonyl (C=O) groups is 2. The van der Waals surface area contributed by atoms with Crippen LogP contribution < -0.4 is 0 Å². The topological polar surface area (TPSA) is 34.1 Å². The molecule has 11 heavy (non-hydrogen) atoms. The molecule has 1 aromatic rings. The van der Waals surface area contributed by atoms with E-state index in [0.717, 1.165) is 0 Å². The van der Waals surface area contributed by atoms with Crippen molar-refractivity contribution in [2.75, 3.05) is 0 Å². The van der Waals surface area contributed by atoms with E-state index < -0.39 is 5.78 Å². The predicted octanol–water partition coefficient (Wildman–Crippen LogP) is 1.70. The molecule has 0 atom stereocenters. The maximum atomic E-state index is 10.6. The van der Waals surface area contributed by atoms with Crippen LogP contribution in [-0.2, 0) is 4.79 Å². The predicted molar refractivity (Wildman–Crippen MR) is 43.6 cm³/mol. The first kappa shape index (κ1) is 9.56. The monoisotopic (exact) mass is 150 g/mol. The van der Waals surface area contributed by atoms with Gasteiger partial charge in [-0.2, -0.15) is 0 Å². The average molecular weight is 150 g/mol. The van der Waals surface area contributed by atoms with E-state index in [0.29, 0.717) is 11.8 Å². The summed E-state index contributed by atoms with van der Waals surface area (Å²) in [6.07, 6.45) is 0.315. The molecule has 0 spiro atoms. The summed E-state index contributed by atoms with van der Waals surface area (Å²) in [6, 6.07) is 8.45. The second kappa shape index (κ2) is 4.39. The van der Waals surface area contributed by atoms with Gasteiger partial charge in [-0.3, -0.25) is 9.59 Å². The fourth-order valence-electron chi connectivity index (χ4n) is 0.670. The number of hydrogen-bond donors (Lipinski definition) is 0. The van der Waals surface area contributed by atoms with Crippen LogP contribution in [0.1, 0.15) is 17.8 Å². The van der Waals surface area contributed by atoms with Gasteiger partial charge in [0.2, 0.25) is 5.78 Å². The van der Waals surface area contributed by atoms with E-state index in [1.54, 1.807) is 30.3 Å². The molecule has 0 radical (unpaired) electrons. The van der Waals surface area contributed by atoms with Gasteiger partial charge in [-0.25, -0.2) is 0 Å². The number of benzene rings is 1. The summed E-state index contributed by atoms with van der Waals surface area (Å²) in [7, 11) is 0. The van der Waals surface area contributed by atoms with E-state index >= 15 is 0 Å². The Morgan fingerprint density at radius 1 is 1.18 bits per heavy atom. The molecular weight excluding hydrogens is 140 g/mol. The van der Waals surface area contributed by atoms with E-state index in [9.17, 15) is 9.59 Å². The van der Waals surface area contributed by atoms with Crippen molar-refractivity contribution in [3.05, 3.63) is 35.9 Å². The molecule has 2 nitrogen and oxygen atoms in total. The van der Waals surface area contributed by atoms with Gasteiger partial charge in [0, 0.05) is 5.56 Å². The molecule has 1 aromatic carbocycles. The molecule has 0 fully saturated rings. The Hall–Kier alpha value is -1.44. The van der Waals surface area contributed by atoms with Gasteiger partial charge in [0.1, 0.15) is 0 Å². The van der Waals surface area contributed by atoms with E-state index in [-0.39, 0.29) is 7.43 Å². The molecule has 0 amide bonds. The molecule has 58 valence electrons. The minimum Gasteiger partial charge on any atom is -0.294 e. The van der Waals surface area contributed by atoms with Gasteiger partial charge >= 0.3 is 0 Å². The maximum absolute atomic E-state index is 10.6. The Labute approximate surface area is 65.9 Å². The third-order valence-electron chi connectivity index (χ3n) is 1.17. The molecule has 0 heterocycles. The summed E-state index contributed by atoms with van der Waals surface area (Å²) >= 11 is 0. The van der Waals surface area contributed by atoms with E-state index in [1.807, 2.05) is 0 Å². The normalized spacial score (nSPS) is 8.00. The molecule has 0 aliphatic carbocycles. The molecule has 0 aliphatic heterocycles. The summed E-state index contributed by atoms with van der Waals surface area (Å²) in [5.41, 5.74) is 0.442. The zero-order chi connectivity index (χ0) is 7.40. The highest BCUT2D eigenvalue weighted by Crippen LogP contribution is 1.96. The standard InChI is InChI=1S/C8H6O2.CH4/c9-6-8(10)7-4-2-1-3-5-7;/h1-6H;1H4. The zero-order valence-electron chi connectivity index (χ0n) is 5.28. The number of Topliss-reactive ketones (excluding diaryl/α,β-unsaturated/α-hetero) is 1. The summed E-state index contributed by atoms with van der Waals surface area (Å²) < 4.78 is 0. The Morgan fingerprint density at radius 2 is 1.73 bits per heavy atom. The van der Waals surface area contributed by atoms with Crippen molar-refractivity contribution in [2.45, 2.75) is 7.43 Å². The fourth-order valence-corrected chi connectivity index (χ4v) is 0.670.